The van der Waals surface area contributed by atoms with Crippen molar-refractivity contribution < 1.29 is 9.66 Å². The number of ether oxygens (including phenoxy) is 1. The summed E-state index contributed by atoms with van der Waals surface area (Å²) in [6.07, 6.45) is 1.69. The molecule has 1 aromatic carbocycles. The lowest BCUT2D eigenvalue weighted by molar-refractivity contribution is -0.389. The Morgan fingerprint density at radius 2 is 2.17 bits per heavy atom. The van der Waals surface area contributed by atoms with Gasteiger partial charge < -0.3 is 19.8 Å². The SMILES string of the molecule is CC1(c2ccccc2)CN(c2nc3sccn3c2[N+](=O)[O-])CCO1. The highest BCUT2D eigenvalue weighted by atomic mass is 32.1. The molecule has 1 aliphatic rings. The number of imidazole rings is 1. The summed E-state index contributed by atoms with van der Waals surface area (Å²) in [4.78, 5) is 18.3. The minimum Gasteiger partial charge on any atom is -0.367 e. The Kier molecular flexibility index (Phi) is 3.50. The molecular formula is C16H16N4O3S. The van der Waals surface area contributed by atoms with Gasteiger partial charge in [-0.1, -0.05) is 41.7 Å². The van der Waals surface area contributed by atoms with E-state index in [1.54, 1.807) is 11.6 Å². The van der Waals surface area contributed by atoms with Crippen molar-refractivity contribution in [2.45, 2.75) is 12.5 Å². The van der Waals surface area contributed by atoms with Gasteiger partial charge in [-0.25, -0.2) is 0 Å². The van der Waals surface area contributed by atoms with Crippen LogP contribution in [0.3, 0.4) is 0 Å². The monoisotopic (exact) mass is 344 g/mol. The number of thiazole rings is 1. The lowest BCUT2D eigenvalue weighted by Gasteiger charge is -2.40. The third-order valence-corrected chi connectivity index (χ3v) is 5.11. The van der Waals surface area contributed by atoms with Crippen molar-refractivity contribution in [2.24, 2.45) is 0 Å². The number of fused-ring (bicyclic) bond motifs is 1. The van der Waals surface area contributed by atoms with E-state index in [4.69, 9.17) is 4.74 Å². The molecule has 8 heteroatoms. The molecule has 0 bridgehead atoms. The Bertz CT molecular complexity index is 891. The third kappa shape index (κ3) is 2.35. The average Bonchev–Trinajstić information content (AvgIpc) is 3.16. The van der Waals surface area contributed by atoms with E-state index in [9.17, 15) is 10.1 Å². The summed E-state index contributed by atoms with van der Waals surface area (Å²) in [6.45, 7) is 3.60. The summed E-state index contributed by atoms with van der Waals surface area (Å²) in [5.74, 6) is 0.431. The van der Waals surface area contributed by atoms with Crippen LogP contribution in [0.4, 0.5) is 11.6 Å². The first-order valence-electron chi connectivity index (χ1n) is 7.63. The van der Waals surface area contributed by atoms with Crippen molar-refractivity contribution in [1.29, 1.82) is 0 Å². The van der Waals surface area contributed by atoms with Gasteiger partial charge in [0.25, 0.3) is 4.96 Å². The molecule has 0 spiro atoms. The molecule has 1 saturated heterocycles. The van der Waals surface area contributed by atoms with Crippen molar-refractivity contribution in [3.05, 3.63) is 57.6 Å². The van der Waals surface area contributed by atoms with Gasteiger partial charge in [0, 0.05) is 11.9 Å². The van der Waals surface area contributed by atoms with E-state index in [-0.39, 0.29) is 10.7 Å². The van der Waals surface area contributed by atoms with Gasteiger partial charge in [0.15, 0.2) is 0 Å². The number of rotatable bonds is 3. The van der Waals surface area contributed by atoms with E-state index in [2.05, 4.69) is 4.98 Å². The minimum atomic E-state index is -0.523. The molecule has 0 N–H and O–H groups in total. The quantitative estimate of drug-likeness (QED) is 0.539. The number of nitrogens with zero attached hydrogens (tertiary/aromatic N) is 4. The van der Waals surface area contributed by atoms with Crippen LogP contribution in [0, 0.1) is 10.1 Å². The first kappa shape index (κ1) is 15.1. The molecule has 1 atom stereocenters. The van der Waals surface area contributed by atoms with Crippen LogP contribution in [0.5, 0.6) is 0 Å². The molecule has 0 aliphatic carbocycles. The van der Waals surface area contributed by atoms with Crippen molar-refractivity contribution in [3.63, 3.8) is 0 Å². The van der Waals surface area contributed by atoms with Gasteiger partial charge in [-0.05, 0) is 17.4 Å². The Hall–Kier alpha value is -2.45. The number of hydrogen-bond donors (Lipinski definition) is 0. The summed E-state index contributed by atoms with van der Waals surface area (Å²) >= 11 is 1.39. The molecule has 0 radical (unpaired) electrons. The maximum absolute atomic E-state index is 11.6. The highest BCUT2D eigenvalue weighted by molar-refractivity contribution is 7.15. The second-order valence-corrected chi connectivity index (χ2v) is 6.81. The third-order valence-electron chi connectivity index (χ3n) is 4.35. The van der Waals surface area contributed by atoms with Crippen LogP contribution in [-0.4, -0.2) is 34.0 Å². The summed E-state index contributed by atoms with van der Waals surface area (Å²) in [6, 6.07) is 9.94. The van der Waals surface area contributed by atoms with Gasteiger partial charge in [-0.2, -0.15) is 9.38 Å². The largest absolute Gasteiger partial charge is 0.373 e. The predicted molar refractivity (Wildman–Crippen MR) is 91.7 cm³/mol. The zero-order chi connectivity index (χ0) is 16.7. The molecule has 0 saturated carbocycles. The summed E-state index contributed by atoms with van der Waals surface area (Å²) in [7, 11) is 0. The van der Waals surface area contributed by atoms with Gasteiger partial charge in [-0.15, -0.1) is 0 Å². The first-order chi connectivity index (χ1) is 11.6. The molecule has 4 rings (SSSR count). The molecular weight excluding hydrogens is 328 g/mol. The molecule has 0 amide bonds. The van der Waals surface area contributed by atoms with E-state index in [1.807, 2.05) is 42.2 Å². The van der Waals surface area contributed by atoms with Crippen LogP contribution in [0.25, 0.3) is 4.96 Å². The molecule has 124 valence electrons. The van der Waals surface area contributed by atoms with Crippen molar-refractivity contribution in [1.82, 2.24) is 9.38 Å². The Morgan fingerprint density at radius 1 is 1.38 bits per heavy atom. The predicted octanol–water partition coefficient (Wildman–Crippen LogP) is 3.06. The van der Waals surface area contributed by atoms with Crippen LogP contribution < -0.4 is 4.90 Å². The second-order valence-electron chi connectivity index (χ2n) is 5.94. The fraction of sp³-hybridized carbons (Fsp3) is 0.312. The highest BCUT2D eigenvalue weighted by Crippen LogP contribution is 2.36. The topological polar surface area (TPSA) is 72.9 Å². The molecule has 1 fully saturated rings. The lowest BCUT2D eigenvalue weighted by Crippen LogP contribution is -2.48. The molecule has 1 aliphatic heterocycles. The van der Waals surface area contributed by atoms with Crippen LogP contribution in [0.2, 0.25) is 0 Å². The molecule has 1 unspecified atom stereocenters. The number of morpholine rings is 1. The van der Waals surface area contributed by atoms with Gasteiger partial charge in [0.2, 0.25) is 5.82 Å². The van der Waals surface area contributed by atoms with Gasteiger partial charge in [0.05, 0.1) is 13.2 Å². The van der Waals surface area contributed by atoms with Crippen molar-refractivity contribution in [3.8, 4) is 0 Å². The van der Waals surface area contributed by atoms with E-state index in [0.29, 0.717) is 30.5 Å². The number of nitro groups is 1. The van der Waals surface area contributed by atoms with E-state index < -0.39 is 5.60 Å². The van der Waals surface area contributed by atoms with E-state index in [0.717, 1.165) is 5.56 Å². The van der Waals surface area contributed by atoms with Gasteiger partial charge in [0.1, 0.15) is 11.8 Å². The fourth-order valence-electron chi connectivity index (χ4n) is 3.16. The number of anilines is 1. The Labute approximate surface area is 142 Å². The molecule has 3 aromatic rings. The number of benzene rings is 1. The summed E-state index contributed by atoms with van der Waals surface area (Å²) in [5.41, 5.74) is 0.531. The van der Waals surface area contributed by atoms with Crippen molar-refractivity contribution >= 4 is 27.9 Å². The first-order valence-corrected chi connectivity index (χ1v) is 8.51. The maximum atomic E-state index is 11.6. The lowest BCUT2D eigenvalue weighted by atomic mass is 9.94. The van der Waals surface area contributed by atoms with E-state index >= 15 is 0 Å². The second kappa shape index (κ2) is 5.57. The normalized spacial score (nSPS) is 21.3. The standard InChI is InChI=1S/C16H16N4O3S/c1-16(12-5-3-2-4-6-12)11-18(7-9-23-16)13-14(20(21)22)19-8-10-24-15(19)17-13/h2-6,8,10H,7,9,11H2,1H3. The molecule has 24 heavy (non-hydrogen) atoms. The van der Waals surface area contributed by atoms with Crippen LogP contribution >= 0.6 is 11.3 Å². The fourth-order valence-corrected chi connectivity index (χ4v) is 3.86. The Balaban J connectivity index is 1.74. The van der Waals surface area contributed by atoms with Gasteiger partial charge in [-0.3, -0.25) is 0 Å². The zero-order valence-electron chi connectivity index (χ0n) is 13.1. The minimum absolute atomic E-state index is 0.0172. The maximum Gasteiger partial charge on any atom is 0.373 e. The van der Waals surface area contributed by atoms with Gasteiger partial charge >= 0.3 is 5.82 Å². The average molecular weight is 344 g/mol. The Morgan fingerprint density at radius 3 is 2.92 bits per heavy atom. The van der Waals surface area contributed by atoms with E-state index in [1.165, 1.54) is 15.7 Å². The highest BCUT2D eigenvalue weighted by Gasteiger charge is 2.38. The summed E-state index contributed by atoms with van der Waals surface area (Å²) in [5, 5.41) is 13.4. The molecule has 7 nitrogen and oxygen atoms in total. The number of aromatic nitrogens is 2. The van der Waals surface area contributed by atoms with Crippen LogP contribution in [0.15, 0.2) is 41.9 Å². The number of hydrogen-bond acceptors (Lipinski definition) is 6. The van der Waals surface area contributed by atoms with Crippen molar-refractivity contribution in [2.75, 3.05) is 24.6 Å². The van der Waals surface area contributed by atoms with Crippen LogP contribution in [-0.2, 0) is 10.3 Å². The zero-order valence-corrected chi connectivity index (χ0v) is 13.9. The smallest absolute Gasteiger partial charge is 0.367 e. The summed E-state index contributed by atoms with van der Waals surface area (Å²) < 4.78 is 7.55. The molecule has 3 heterocycles. The molecule has 2 aromatic heterocycles. The van der Waals surface area contributed by atoms with Crippen LogP contribution in [0.1, 0.15) is 12.5 Å².